The van der Waals surface area contributed by atoms with Gasteiger partial charge in [-0.1, -0.05) is 22.0 Å². The number of hydrogen-bond donors (Lipinski definition) is 0. The molecule has 1 aromatic rings. The maximum Gasteiger partial charge on any atom is 0.101 e. The first-order chi connectivity index (χ1) is 9.81. The molecule has 2 saturated heterocycles. The highest BCUT2D eigenvalue weighted by Gasteiger charge is 2.29. The van der Waals surface area contributed by atoms with E-state index in [4.69, 9.17) is 0 Å². The van der Waals surface area contributed by atoms with Gasteiger partial charge in [-0.3, -0.25) is 4.90 Å². The van der Waals surface area contributed by atoms with Gasteiger partial charge in [0.15, 0.2) is 0 Å². The van der Waals surface area contributed by atoms with Crippen molar-refractivity contribution in [3.63, 3.8) is 0 Å². The molecule has 2 fully saturated rings. The van der Waals surface area contributed by atoms with Crippen LogP contribution in [0.5, 0.6) is 0 Å². The van der Waals surface area contributed by atoms with Gasteiger partial charge in [0.1, 0.15) is 6.07 Å². The summed E-state index contributed by atoms with van der Waals surface area (Å²) in [4.78, 5) is 5.05. The van der Waals surface area contributed by atoms with Crippen molar-refractivity contribution in [3.8, 4) is 6.07 Å². The van der Waals surface area contributed by atoms with Crippen LogP contribution in [-0.4, -0.2) is 37.1 Å². The van der Waals surface area contributed by atoms with E-state index in [1.165, 1.54) is 37.9 Å². The van der Waals surface area contributed by atoms with E-state index in [0.717, 1.165) is 29.7 Å². The molecule has 2 aliphatic heterocycles. The first-order valence-electron chi connectivity index (χ1n) is 7.40. The number of nitrogens with zero attached hydrogens (tertiary/aromatic N) is 3. The Hall–Kier alpha value is -1.05. The second kappa shape index (κ2) is 6.15. The van der Waals surface area contributed by atoms with Crippen molar-refractivity contribution in [3.05, 3.63) is 29.3 Å². The molecule has 0 bridgehead atoms. The average molecular weight is 334 g/mol. The molecule has 4 heteroatoms. The largest absolute Gasteiger partial charge is 0.369 e. The number of halogens is 1. The number of benzene rings is 1. The minimum Gasteiger partial charge on any atom is -0.369 e. The fourth-order valence-corrected chi connectivity index (χ4v) is 3.81. The third-order valence-corrected chi connectivity index (χ3v) is 5.13. The SMILES string of the molecule is N#Cc1cc(CBr)ccc1N1CCCN2CCCC2C1. The molecule has 3 nitrogen and oxygen atoms in total. The van der Waals surface area contributed by atoms with Gasteiger partial charge in [0, 0.05) is 31.0 Å². The highest BCUT2D eigenvalue weighted by molar-refractivity contribution is 9.08. The predicted octanol–water partition coefficient (Wildman–Crippen LogP) is 3.13. The summed E-state index contributed by atoms with van der Waals surface area (Å²) in [5.41, 5.74) is 3.10. The lowest BCUT2D eigenvalue weighted by atomic mass is 10.1. The topological polar surface area (TPSA) is 30.3 Å². The Balaban J connectivity index is 1.86. The molecular formula is C16H20BrN3. The van der Waals surface area contributed by atoms with Gasteiger partial charge in [-0.2, -0.15) is 5.26 Å². The summed E-state index contributed by atoms with van der Waals surface area (Å²) in [5, 5.41) is 10.2. The lowest BCUT2D eigenvalue weighted by Gasteiger charge is -2.28. The van der Waals surface area contributed by atoms with Crippen LogP contribution in [0.1, 0.15) is 30.4 Å². The number of anilines is 1. The quantitative estimate of drug-likeness (QED) is 0.779. The Labute approximate surface area is 129 Å². The number of alkyl halides is 1. The van der Waals surface area contributed by atoms with Crippen LogP contribution >= 0.6 is 15.9 Å². The summed E-state index contributed by atoms with van der Waals surface area (Å²) in [6.45, 7) is 4.60. The summed E-state index contributed by atoms with van der Waals surface area (Å²) in [6.07, 6.45) is 3.82. The molecule has 1 aromatic carbocycles. The van der Waals surface area contributed by atoms with Gasteiger partial charge in [0.2, 0.25) is 0 Å². The molecule has 3 rings (SSSR count). The molecule has 0 N–H and O–H groups in total. The third kappa shape index (κ3) is 2.70. The first-order valence-corrected chi connectivity index (χ1v) is 8.52. The van der Waals surface area contributed by atoms with Crippen LogP contribution < -0.4 is 4.90 Å². The van der Waals surface area contributed by atoms with E-state index in [0.29, 0.717) is 6.04 Å². The van der Waals surface area contributed by atoms with Crippen molar-refractivity contribution in [2.24, 2.45) is 0 Å². The van der Waals surface area contributed by atoms with Crippen LogP contribution in [0.4, 0.5) is 5.69 Å². The monoisotopic (exact) mass is 333 g/mol. The van der Waals surface area contributed by atoms with Crippen LogP contribution in [0.25, 0.3) is 0 Å². The summed E-state index contributed by atoms with van der Waals surface area (Å²) >= 11 is 3.46. The summed E-state index contributed by atoms with van der Waals surface area (Å²) in [6, 6.07) is 9.32. The van der Waals surface area contributed by atoms with Crippen molar-refractivity contribution in [1.29, 1.82) is 5.26 Å². The lowest BCUT2D eigenvalue weighted by molar-refractivity contribution is 0.273. The zero-order valence-electron chi connectivity index (χ0n) is 11.7. The summed E-state index contributed by atoms with van der Waals surface area (Å²) in [5.74, 6) is 0. The van der Waals surface area contributed by atoms with E-state index in [2.05, 4.69) is 43.9 Å². The van der Waals surface area contributed by atoms with Crippen LogP contribution in [0, 0.1) is 11.3 Å². The van der Waals surface area contributed by atoms with Crippen LogP contribution in [0.15, 0.2) is 18.2 Å². The van der Waals surface area contributed by atoms with Crippen molar-refractivity contribution in [1.82, 2.24) is 4.90 Å². The van der Waals surface area contributed by atoms with E-state index >= 15 is 0 Å². The van der Waals surface area contributed by atoms with E-state index in [1.54, 1.807) is 0 Å². The second-order valence-electron chi connectivity index (χ2n) is 5.73. The molecule has 20 heavy (non-hydrogen) atoms. The van der Waals surface area contributed by atoms with E-state index < -0.39 is 0 Å². The fourth-order valence-electron chi connectivity index (χ4n) is 3.46. The van der Waals surface area contributed by atoms with Gasteiger partial charge < -0.3 is 4.90 Å². The minimum absolute atomic E-state index is 0.680. The van der Waals surface area contributed by atoms with Gasteiger partial charge in [0.05, 0.1) is 11.3 Å². The molecule has 2 aliphatic rings. The molecule has 2 heterocycles. The Bertz CT molecular complexity index is 523. The molecule has 106 valence electrons. The molecule has 0 spiro atoms. The number of nitriles is 1. The zero-order valence-corrected chi connectivity index (χ0v) is 13.3. The third-order valence-electron chi connectivity index (χ3n) is 4.48. The Morgan fingerprint density at radius 1 is 1.25 bits per heavy atom. The van der Waals surface area contributed by atoms with Gasteiger partial charge in [0.25, 0.3) is 0 Å². The second-order valence-corrected chi connectivity index (χ2v) is 6.29. The van der Waals surface area contributed by atoms with Gasteiger partial charge in [-0.25, -0.2) is 0 Å². The molecule has 1 atom stereocenters. The fraction of sp³-hybridized carbons (Fsp3) is 0.562. The molecule has 0 saturated carbocycles. The van der Waals surface area contributed by atoms with E-state index in [1.807, 2.05) is 6.07 Å². The van der Waals surface area contributed by atoms with Gasteiger partial charge in [-0.15, -0.1) is 0 Å². The standard InChI is InChI=1S/C16H20BrN3/c17-10-13-4-5-16(14(9-13)11-18)20-8-2-7-19-6-1-3-15(19)12-20/h4-5,9,15H,1-3,6-8,10,12H2. The van der Waals surface area contributed by atoms with Crippen molar-refractivity contribution in [2.75, 3.05) is 31.1 Å². The number of hydrogen-bond acceptors (Lipinski definition) is 3. The average Bonchev–Trinajstić information content (AvgIpc) is 2.83. The lowest BCUT2D eigenvalue weighted by Crippen LogP contribution is -2.36. The molecular weight excluding hydrogens is 314 g/mol. The highest BCUT2D eigenvalue weighted by Crippen LogP contribution is 2.28. The molecule has 0 aliphatic carbocycles. The maximum atomic E-state index is 9.42. The Morgan fingerprint density at radius 2 is 2.10 bits per heavy atom. The van der Waals surface area contributed by atoms with E-state index in [-0.39, 0.29) is 0 Å². The Morgan fingerprint density at radius 3 is 2.90 bits per heavy atom. The summed E-state index contributed by atoms with van der Waals surface area (Å²) in [7, 11) is 0. The first kappa shape index (κ1) is 13.9. The van der Waals surface area contributed by atoms with Crippen LogP contribution in [-0.2, 0) is 5.33 Å². The smallest absolute Gasteiger partial charge is 0.101 e. The van der Waals surface area contributed by atoms with Crippen molar-refractivity contribution >= 4 is 21.6 Å². The van der Waals surface area contributed by atoms with Gasteiger partial charge >= 0.3 is 0 Å². The predicted molar refractivity (Wildman–Crippen MR) is 85.2 cm³/mol. The van der Waals surface area contributed by atoms with Gasteiger partial charge in [-0.05, 0) is 43.5 Å². The molecule has 0 amide bonds. The number of fused-ring (bicyclic) bond motifs is 1. The maximum absolute atomic E-state index is 9.42. The van der Waals surface area contributed by atoms with Crippen molar-refractivity contribution in [2.45, 2.75) is 30.6 Å². The molecule has 0 aromatic heterocycles. The molecule has 1 unspecified atom stereocenters. The van der Waals surface area contributed by atoms with Crippen LogP contribution in [0.3, 0.4) is 0 Å². The zero-order chi connectivity index (χ0) is 13.9. The summed E-state index contributed by atoms with van der Waals surface area (Å²) < 4.78 is 0. The molecule has 0 radical (unpaired) electrons. The van der Waals surface area contributed by atoms with Crippen molar-refractivity contribution < 1.29 is 0 Å². The Kier molecular flexibility index (Phi) is 4.28. The highest BCUT2D eigenvalue weighted by atomic mass is 79.9. The minimum atomic E-state index is 0.680. The van der Waals surface area contributed by atoms with E-state index in [9.17, 15) is 5.26 Å². The number of rotatable bonds is 2. The van der Waals surface area contributed by atoms with Crippen LogP contribution in [0.2, 0.25) is 0 Å². The normalized spacial score (nSPS) is 23.2.